The summed E-state index contributed by atoms with van der Waals surface area (Å²) in [6.45, 7) is 2.25. The number of rotatable bonds is 4. The number of hydrogen-bond donors (Lipinski definition) is 1. The number of aromatic nitrogens is 2. The second-order valence-electron chi connectivity index (χ2n) is 5.63. The summed E-state index contributed by atoms with van der Waals surface area (Å²) in [5.41, 5.74) is 1.29. The zero-order valence-corrected chi connectivity index (χ0v) is 14.2. The van der Waals surface area contributed by atoms with Crippen LogP contribution in [0.5, 0.6) is 0 Å². The highest BCUT2D eigenvalue weighted by molar-refractivity contribution is 9.10. The van der Waals surface area contributed by atoms with Gasteiger partial charge in [-0.25, -0.2) is 9.97 Å². The number of nitrogens with zero attached hydrogens (tertiary/aromatic N) is 3. The molecule has 23 heavy (non-hydrogen) atoms. The molecule has 1 aromatic carbocycles. The van der Waals surface area contributed by atoms with Gasteiger partial charge in [0.05, 0.1) is 0 Å². The number of ether oxygens (including phenoxy) is 1. The van der Waals surface area contributed by atoms with Crippen LogP contribution < -0.4 is 5.32 Å². The summed E-state index contributed by atoms with van der Waals surface area (Å²) in [5.74, 6) is 0.857. The fourth-order valence-electron chi connectivity index (χ4n) is 2.92. The number of benzene rings is 1. The van der Waals surface area contributed by atoms with E-state index >= 15 is 0 Å². The Labute approximate surface area is 143 Å². The van der Waals surface area contributed by atoms with Crippen LogP contribution in [-0.4, -0.2) is 29.7 Å². The molecule has 3 rings (SSSR count). The standard InChI is InChI=1S/C17H17BrN4O/c18-14-3-1-2-13(10-14)17(5-8-23-9-6-17)12-21-15-4-7-20-16(11-19)22-15/h1-4,7,10H,5-6,8-9,12H2,(H,20,21,22). The maximum absolute atomic E-state index is 8.91. The molecule has 0 radical (unpaired) electrons. The molecule has 1 fully saturated rings. The summed E-state index contributed by atoms with van der Waals surface area (Å²) >= 11 is 3.56. The molecule has 6 heteroatoms. The summed E-state index contributed by atoms with van der Waals surface area (Å²) in [5, 5.41) is 12.3. The average molecular weight is 373 g/mol. The van der Waals surface area contributed by atoms with Crippen molar-refractivity contribution >= 4 is 21.7 Å². The van der Waals surface area contributed by atoms with E-state index in [4.69, 9.17) is 10.00 Å². The van der Waals surface area contributed by atoms with Crippen LogP contribution in [0, 0.1) is 11.3 Å². The fraction of sp³-hybridized carbons (Fsp3) is 0.353. The van der Waals surface area contributed by atoms with Crippen LogP contribution in [0.1, 0.15) is 24.2 Å². The normalized spacial score (nSPS) is 16.5. The van der Waals surface area contributed by atoms with Gasteiger partial charge in [0.25, 0.3) is 0 Å². The lowest BCUT2D eigenvalue weighted by Crippen LogP contribution is -2.40. The fourth-order valence-corrected chi connectivity index (χ4v) is 3.32. The van der Waals surface area contributed by atoms with Gasteiger partial charge in [-0.2, -0.15) is 5.26 Å². The summed E-state index contributed by atoms with van der Waals surface area (Å²) in [6, 6.07) is 12.2. The Morgan fingerprint density at radius 3 is 2.87 bits per heavy atom. The molecule has 1 aliphatic heterocycles. The van der Waals surface area contributed by atoms with Gasteiger partial charge < -0.3 is 10.1 Å². The van der Waals surface area contributed by atoms with E-state index in [2.05, 4.69) is 49.4 Å². The first-order valence-corrected chi connectivity index (χ1v) is 8.32. The molecule has 0 unspecified atom stereocenters. The lowest BCUT2D eigenvalue weighted by Gasteiger charge is -2.38. The van der Waals surface area contributed by atoms with Gasteiger partial charge in [0, 0.05) is 35.8 Å². The molecule has 1 aliphatic rings. The number of hydrogen-bond acceptors (Lipinski definition) is 5. The smallest absolute Gasteiger partial charge is 0.234 e. The van der Waals surface area contributed by atoms with Gasteiger partial charge in [-0.1, -0.05) is 28.1 Å². The highest BCUT2D eigenvalue weighted by atomic mass is 79.9. The van der Waals surface area contributed by atoms with Crippen LogP contribution in [0.25, 0.3) is 0 Å². The van der Waals surface area contributed by atoms with Crippen molar-refractivity contribution < 1.29 is 4.74 Å². The van der Waals surface area contributed by atoms with Crippen molar-refractivity contribution in [2.24, 2.45) is 0 Å². The number of anilines is 1. The maximum Gasteiger partial charge on any atom is 0.234 e. The second-order valence-corrected chi connectivity index (χ2v) is 6.55. The Kier molecular flexibility index (Phi) is 4.89. The van der Waals surface area contributed by atoms with E-state index in [1.54, 1.807) is 12.3 Å². The van der Waals surface area contributed by atoms with Gasteiger partial charge in [-0.3, -0.25) is 0 Å². The Morgan fingerprint density at radius 2 is 2.13 bits per heavy atom. The van der Waals surface area contributed by atoms with Crippen molar-refractivity contribution in [3.8, 4) is 6.07 Å². The van der Waals surface area contributed by atoms with Gasteiger partial charge in [-0.15, -0.1) is 0 Å². The minimum atomic E-state index is -0.000212. The van der Waals surface area contributed by atoms with Crippen molar-refractivity contribution in [2.75, 3.05) is 25.1 Å². The van der Waals surface area contributed by atoms with Gasteiger partial charge in [0.2, 0.25) is 5.82 Å². The van der Waals surface area contributed by atoms with Crippen LogP contribution in [0.3, 0.4) is 0 Å². The van der Waals surface area contributed by atoms with Gasteiger partial charge in [0.15, 0.2) is 0 Å². The summed E-state index contributed by atoms with van der Waals surface area (Å²) in [6.07, 6.45) is 3.50. The van der Waals surface area contributed by atoms with Crippen molar-refractivity contribution in [2.45, 2.75) is 18.3 Å². The van der Waals surface area contributed by atoms with Gasteiger partial charge >= 0.3 is 0 Å². The molecular weight excluding hydrogens is 356 g/mol. The lowest BCUT2D eigenvalue weighted by molar-refractivity contribution is 0.0543. The molecule has 0 atom stereocenters. The molecular formula is C17H17BrN4O. The van der Waals surface area contributed by atoms with Crippen molar-refractivity contribution in [3.63, 3.8) is 0 Å². The third-order valence-corrected chi connectivity index (χ3v) is 4.74. The molecule has 1 aromatic heterocycles. The molecule has 2 heterocycles. The monoisotopic (exact) mass is 372 g/mol. The van der Waals surface area contributed by atoms with E-state index in [0.29, 0.717) is 5.82 Å². The highest BCUT2D eigenvalue weighted by Gasteiger charge is 2.34. The molecule has 1 N–H and O–H groups in total. The first-order valence-electron chi connectivity index (χ1n) is 7.53. The summed E-state index contributed by atoms with van der Waals surface area (Å²) in [7, 11) is 0. The van der Waals surface area contributed by atoms with E-state index < -0.39 is 0 Å². The third kappa shape index (κ3) is 3.69. The number of halogens is 1. The minimum absolute atomic E-state index is 0.000212. The largest absolute Gasteiger partial charge is 0.381 e. The number of nitriles is 1. The molecule has 1 saturated heterocycles. The maximum atomic E-state index is 8.91. The van der Waals surface area contributed by atoms with E-state index in [-0.39, 0.29) is 11.2 Å². The lowest BCUT2D eigenvalue weighted by atomic mass is 9.74. The molecule has 2 aromatic rings. The first kappa shape index (κ1) is 15.9. The van der Waals surface area contributed by atoms with Crippen molar-refractivity contribution in [3.05, 3.63) is 52.4 Å². The van der Waals surface area contributed by atoms with Crippen molar-refractivity contribution in [1.82, 2.24) is 9.97 Å². The Morgan fingerprint density at radius 1 is 1.30 bits per heavy atom. The molecule has 0 saturated carbocycles. The van der Waals surface area contributed by atoms with Gasteiger partial charge in [0.1, 0.15) is 11.9 Å². The van der Waals surface area contributed by atoms with Crippen LogP contribution in [0.2, 0.25) is 0 Å². The molecule has 5 nitrogen and oxygen atoms in total. The molecule has 0 bridgehead atoms. The first-order chi connectivity index (χ1) is 11.2. The Bertz CT molecular complexity index is 723. The van der Waals surface area contributed by atoms with E-state index in [0.717, 1.165) is 37.1 Å². The van der Waals surface area contributed by atoms with Crippen LogP contribution in [0.4, 0.5) is 5.82 Å². The molecule has 0 amide bonds. The zero-order chi connectivity index (χ0) is 16.1. The van der Waals surface area contributed by atoms with E-state index in [1.807, 2.05) is 12.1 Å². The topological polar surface area (TPSA) is 70.8 Å². The minimum Gasteiger partial charge on any atom is -0.381 e. The highest BCUT2D eigenvalue weighted by Crippen LogP contribution is 2.36. The summed E-state index contributed by atoms with van der Waals surface area (Å²) < 4.78 is 6.64. The summed E-state index contributed by atoms with van der Waals surface area (Å²) in [4.78, 5) is 8.10. The number of nitrogens with one attached hydrogen (secondary N) is 1. The predicted molar refractivity (Wildman–Crippen MR) is 91.1 cm³/mol. The second kappa shape index (κ2) is 7.07. The SMILES string of the molecule is N#Cc1nccc(NCC2(c3cccc(Br)c3)CCOCC2)n1. The van der Waals surface area contributed by atoms with Crippen LogP contribution in [0.15, 0.2) is 41.0 Å². The average Bonchev–Trinajstić information content (AvgIpc) is 2.61. The Hall–Kier alpha value is -1.97. The predicted octanol–water partition coefficient (Wildman–Crippen LogP) is 3.27. The Balaban J connectivity index is 1.83. The molecule has 0 aliphatic carbocycles. The van der Waals surface area contributed by atoms with Gasteiger partial charge in [-0.05, 0) is 36.6 Å². The van der Waals surface area contributed by atoms with Crippen molar-refractivity contribution in [1.29, 1.82) is 5.26 Å². The zero-order valence-electron chi connectivity index (χ0n) is 12.6. The van der Waals surface area contributed by atoms with Crippen LogP contribution >= 0.6 is 15.9 Å². The molecule has 118 valence electrons. The van der Waals surface area contributed by atoms with E-state index in [9.17, 15) is 0 Å². The molecule has 0 spiro atoms. The quantitative estimate of drug-likeness (QED) is 0.891. The van der Waals surface area contributed by atoms with Crippen LogP contribution in [-0.2, 0) is 10.2 Å². The third-order valence-electron chi connectivity index (χ3n) is 4.25. The van der Waals surface area contributed by atoms with E-state index in [1.165, 1.54) is 5.56 Å².